The topological polar surface area (TPSA) is 102 Å². The first kappa shape index (κ1) is 20.0. The minimum Gasteiger partial charge on any atom is -0.465 e. The van der Waals surface area contributed by atoms with Crippen molar-refractivity contribution in [1.29, 1.82) is 0 Å². The number of rotatable bonds is 8. The molecule has 132 valence electrons. The summed E-state index contributed by atoms with van der Waals surface area (Å²) < 4.78 is 10.1. The van der Waals surface area contributed by atoms with Crippen LogP contribution in [0.1, 0.15) is 31.1 Å². The molecule has 0 saturated heterocycles. The molecule has 2 N–H and O–H groups in total. The highest BCUT2D eigenvalue weighted by Gasteiger charge is 2.23. The summed E-state index contributed by atoms with van der Waals surface area (Å²) in [5.74, 6) is -0.710. The molecule has 0 fully saturated rings. The smallest absolute Gasteiger partial charge is 0.329 e. The molecule has 0 radical (unpaired) electrons. The average molecular weight is 355 g/mol. The zero-order chi connectivity index (χ0) is 18.1. The summed E-state index contributed by atoms with van der Waals surface area (Å²) in [4.78, 5) is 35.4. The second-order valence-electron chi connectivity index (χ2n) is 4.82. The number of hydrogen-bond donors (Lipinski definition) is 2. The van der Waals surface area contributed by atoms with Gasteiger partial charge in [-0.25, -0.2) is 4.79 Å². The van der Waals surface area contributed by atoms with Gasteiger partial charge in [0, 0.05) is 12.7 Å². The van der Waals surface area contributed by atoms with Crippen molar-refractivity contribution in [2.24, 2.45) is 0 Å². The molecule has 24 heavy (non-hydrogen) atoms. The molecular formula is C16H21NO6S. The molecule has 0 aliphatic heterocycles. The van der Waals surface area contributed by atoms with Crippen molar-refractivity contribution in [2.75, 3.05) is 12.4 Å². The molecule has 1 rings (SSSR count). The van der Waals surface area contributed by atoms with Crippen LogP contribution in [0.3, 0.4) is 0 Å². The zero-order valence-corrected chi connectivity index (χ0v) is 14.6. The molecule has 8 heteroatoms. The number of carbonyl (C=O) groups excluding carboxylic acids is 3. The van der Waals surface area contributed by atoms with E-state index in [0.29, 0.717) is 0 Å². The van der Waals surface area contributed by atoms with Crippen molar-refractivity contribution in [2.45, 2.75) is 33.1 Å². The third-order valence-corrected chi connectivity index (χ3v) is 3.72. The fraction of sp³-hybridized carbons (Fsp3) is 0.438. The van der Waals surface area contributed by atoms with Crippen LogP contribution in [0, 0.1) is 0 Å². The number of nitrogens with one attached hydrogen (secondary N) is 1. The van der Waals surface area contributed by atoms with Gasteiger partial charge in [0.05, 0.1) is 12.2 Å². The van der Waals surface area contributed by atoms with Crippen LogP contribution >= 0.6 is 11.8 Å². The predicted octanol–water partition coefficient (Wildman–Crippen LogP) is 1.34. The maximum Gasteiger partial charge on any atom is 0.329 e. The molecule has 0 heterocycles. The van der Waals surface area contributed by atoms with E-state index in [2.05, 4.69) is 5.32 Å². The molecular weight excluding hydrogens is 334 g/mol. The Kier molecular flexibility index (Phi) is 8.28. The standard InChI is InChI=1S/C16H21NO6S/c1-4-22-15(20)13(17-10(2)18)9-24-16(21)12-7-5-6-8-14(12)23-11(3)19/h5-8,11,13,19H,4,9H2,1-3H3,(H,17,18). The molecule has 2 unspecified atom stereocenters. The summed E-state index contributed by atoms with van der Waals surface area (Å²) in [6.07, 6.45) is -1.06. The third-order valence-electron chi connectivity index (χ3n) is 2.73. The molecule has 0 bridgehead atoms. The molecule has 0 aliphatic rings. The fourth-order valence-corrected chi connectivity index (χ4v) is 2.68. The normalized spacial score (nSPS) is 12.8. The minimum absolute atomic E-state index is 0.0280. The lowest BCUT2D eigenvalue weighted by Crippen LogP contribution is -2.42. The van der Waals surface area contributed by atoms with Crippen LogP contribution in [0.15, 0.2) is 24.3 Å². The number of benzene rings is 1. The first-order chi connectivity index (χ1) is 11.3. The minimum atomic E-state index is -1.06. The molecule has 7 nitrogen and oxygen atoms in total. The second kappa shape index (κ2) is 9.94. The van der Waals surface area contributed by atoms with Crippen LogP contribution < -0.4 is 10.1 Å². The Morgan fingerprint density at radius 3 is 2.54 bits per heavy atom. The SMILES string of the molecule is CCOC(=O)C(CSC(=O)c1ccccc1OC(C)O)NC(C)=O. The van der Waals surface area contributed by atoms with E-state index in [9.17, 15) is 19.5 Å². The summed E-state index contributed by atoms with van der Waals surface area (Å²) in [7, 11) is 0. The maximum atomic E-state index is 12.4. The second-order valence-corrected chi connectivity index (χ2v) is 5.81. The quantitative estimate of drug-likeness (QED) is 0.536. The Hall–Kier alpha value is -2.06. The zero-order valence-electron chi connectivity index (χ0n) is 13.8. The number of ether oxygens (including phenoxy) is 2. The van der Waals surface area contributed by atoms with E-state index < -0.39 is 18.3 Å². The number of esters is 1. The number of amides is 1. The molecule has 0 aliphatic carbocycles. The number of aliphatic hydroxyl groups excluding tert-OH is 1. The molecule has 1 aromatic carbocycles. The van der Waals surface area contributed by atoms with Gasteiger partial charge in [0.15, 0.2) is 6.29 Å². The van der Waals surface area contributed by atoms with E-state index >= 15 is 0 Å². The number of aliphatic hydroxyl groups is 1. The lowest BCUT2D eigenvalue weighted by atomic mass is 10.2. The Balaban J connectivity index is 2.78. The van der Waals surface area contributed by atoms with E-state index in [1.54, 1.807) is 31.2 Å². The van der Waals surface area contributed by atoms with E-state index in [1.165, 1.54) is 13.8 Å². The number of carbonyl (C=O) groups is 3. The summed E-state index contributed by atoms with van der Waals surface area (Å²) in [6, 6.07) is 5.56. The monoisotopic (exact) mass is 355 g/mol. The Morgan fingerprint density at radius 1 is 1.29 bits per heavy atom. The van der Waals surface area contributed by atoms with E-state index in [-0.39, 0.29) is 34.7 Å². The van der Waals surface area contributed by atoms with Gasteiger partial charge < -0.3 is 19.9 Å². The van der Waals surface area contributed by atoms with Crippen LogP contribution in [0.4, 0.5) is 0 Å². The van der Waals surface area contributed by atoms with Gasteiger partial charge in [-0.2, -0.15) is 0 Å². The van der Waals surface area contributed by atoms with Gasteiger partial charge in [-0.3, -0.25) is 9.59 Å². The Morgan fingerprint density at radius 2 is 1.96 bits per heavy atom. The summed E-state index contributed by atoms with van der Waals surface area (Å²) in [5.41, 5.74) is 0.272. The van der Waals surface area contributed by atoms with Gasteiger partial charge in [0.1, 0.15) is 11.8 Å². The molecule has 1 aromatic rings. The third kappa shape index (κ3) is 6.59. The van der Waals surface area contributed by atoms with E-state index in [0.717, 1.165) is 11.8 Å². The fourth-order valence-electron chi connectivity index (χ4n) is 1.82. The van der Waals surface area contributed by atoms with Crippen molar-refractivity contribution in [3.05, 3.63) is 29.8 Å². The summed E-state index contributed by atoms with van der Waals surface area (Å²) in [5, 5.41) is 11.4. The van der Waals surface area contributed by atoms with Crippen molar-refractivity contribution in [1.82, 2.24) is 5.32 Å². The maximum absolute atomic E-state index is 12.4. The van der Waals surface area contributed by atoms with Crippen molar-refractivity contribution in [3.8, 4) is 5.75 Å². The molecule has 1 amide bonds. The van der Waals surface area contributed by atoms with Gasteiger partial charge >= 0.3 is 5.97 Å². The first-order valence-corrected chi connectivity index (χ1v) is 8.38. The first-order valence-electron chi connectivity index (χ1n) is 7.39. The van der Waals surface area contributed by atoms with Crippen LogP contribution in [-0.4, -0.2) is 46.8 Å². The van der Waals surface area contributed by atoms with Gasteiger partial charge in [0.2, 0.25) is 11.0 Å². The van der Waals surface area contributed by atoms with Crippen LogP contribution in [0.25, 0.3) is 0 Å². The molecule has 0 aromatic heterocycles. The Bertz CT molecular complexity index is 590. The van der Waals surface area contributed by atoms with Crippen molar-refractivity contribution in [3.63, 3.8) is 0 Å². The van der Waals surface area contributed by atoms with Crippen LogP contribution in [0.5, 0.6) is 5.75 Å². The van der Waals surface area contributed by atoms with Crippen LogP contribution in [0.2, 0.25) is 0 Å². The summed E-state index contributed by atoms with van der Waals surface area (Å²) in [6.45, 7) is 4.55. The van der Waals surface area contributed by atoms with Crippen LogP contribution in [-0.2, 0) is 14.3 Å². The van der Waals surface area contributed by atoms with Crippen molar-refractivity contribution >= 4 is 28.8 Å². The Labute approximate surface area is 144 Å². The van der Waals surface area contributed by atoms with Gasteiger partial charge in [-0.15, -0.1) is 0 Å². The number of hydrogen-bond acceptors (Lipinski definition) is 7. The number of para-hydroxylation sites is 1. The lowest BCUT2D eigenvalue weighted by molar-refractivity contribution is -0.146. The van der Waals surface area contributed by atoms with Gasteiger partial charge in [-0.05, 0) is 26.0 Å². The summed E-state index contributed by atoms with van der Waals surface area (Å²) >= 11 is 0.859. The molecule has 0 spiro atoms. The van der Waals surface area contributed by atoms with Gasteiger partial charge in [0.25, 0.3) is 0 Å². The highest BCUT2D eigenvalue weighted by atomic mass is 32.2. The highest BCUT2D eigenvalue weighted by molar-refractivity contribution is 8.14. The van der Waals surface area contributed by atoms with E-state index in [4.69, 9.17) is 9.47 Å². The number of thioether (sulfide) groups is 1. The average Bonchev–Trinajstić information content (AvgIpc) is 2.51. The van der Waals surface area contributed by atoms with E-state index in [1.807, 2.05) is 0 Å². The van der Waals surface area contributed by atoms with Gasteiger partial charge in [-0.1, -0.05) is 23.9 Å². The lowest BCUT2D eigenvalue weighted by Gasteiger charge is -2.16. The highest BCUT2D eigenvalue weighted by Crippen LogP contribution is 2.24. The molecule has 2 atom stereocenters. The molecule has 0 saturated carbocycles. The largest absolute Gasteiger partial charge is 0.465 e. The predicted molar refractivity (Wildman–Crippen MR) is 89.8 cm³/mol. The van der Waals surface area contributed by atoms with Crippen molar-refractivity contribution < 1.29 is 29.0 Å².